The molecular formula is C26H35BrO. The Hall–Kier alpha value is -1.28. The first-order chi connectivity index (χ1) is 13.8. The van der Waals surface area contributed by atoms with Crippen LogP contribution in [0.15, 0.2) is 46.9 Å². The number of ether oxygens (including phenoxy) is 1. The molecule has 1 nitrogen and oxygen atoms in total. The zero-order chi connectivity index (χ0) is 19.6. The molecule has 0 unspecified atom stereocenters. The van der Waals surface area contributed by atoms with Gasteiger partial charge in [0.1, 0.15) is 5.75 Å². The quantitative estimate of drug-likeness (QED) is 0.334. The van der Waals surface area contributed by atoms with E-state index in [1.165, 1.54) is 80.9 Å². The van der Waals surface area contributed by atoms with Crippen LogP contribution in [0, 0.1) is 5.92 Å². The maximum Gasteiger partial charge on any atom is 0.133 e. The lowest BCUT2D eigenvalue weighted by atomic mass is 9.85. The molecule has 1 aliphatic carbocycles. The molecule has 1 aliphatic rings. The van der Waals surface area contributed by atoms with Crippen LogP contribution in [0.2, 0.25) is 0 Å². The van der Waals surface area contributed by atoms with E-state index in [2.05, 4.69) is 65.3 Å². The van der Waals surface area contributed by atoms with Crippen molar-refractivity contribution in [2.75, 3.05) is 6.61 Å². The van der Waals surface area contributed by atoms with Gasteiger partial charge in [0.2, 0.25) is 0 Å². The number of rotatable bonds is 10. The van der Waals surface area contributed by atoms with E-state index in [1.54, 1.807) is 0 Å². The number of halogens is 1. The fourth-order valence-corrected chi connectivity index (χ4v) is 4.71. The lowest BCUT2D eigenvalue weighted by molar-refractivity contribution is 0.303. The Morgan fingerprint density at radius 2 is 1.64 bits per heavy atom. The third-order valence-corrected chi connectivity index (χ3v) is 6.66. The van der Waals surface area contributed by atoms with Gasteiger partial charge in [0.05, 0.1) is 11.1 Å². The van der Waals surface area contributed by atoms with Gasteiger partial charge in [0.15, 0.2) is 0 Å². The van der Waals surface area contributed by atoms with Crippen LogP contribution in [0.4, 0.5) is 0 Å². The molecule has 3 rings (SSSR count). The summed E-state index contributed by atoms with van der Waals surface area (Å²) in [7, 11) is 0. The molecule has 1 saturated carbocycles. The summed E-state index contributed by atoms with van der Waals surface area (Å²) < 4.78 is 6.98. The molecule has 1 fully saturated rings. The lowest BCUT2D eigenvalue weighted by Crippen LogP contribution is -2.07. The lowest BCUT2D eigenvalue weighted by Gasteiger charge is -2.21. The summed E-state index contributed by atoms with van der Waals surface area (Å²) in [6.07, 6.45) is 14.7. The second-order valence-electron chi connectivity index (χ2n) is 8.29. The predicted octanol–water partition coefficient (Wildman–Crippen LogP) is 8.59. The molecule has 152 valence electrons. The maximum atomic E-state index is 5.94. The molecular weight excluding hydrogens is 408 g/mol. The Bertz CT molecular complexity index is 701. The zero-order valence-corrected chi connectivity index (χ0v) is 19.0. The third-order valence-electron chi connectivity index (χ3n) is 6.04. The Labute approximate surface area is 180 Å². The highest BCUT2D eigenvalue weighted by atomic mass is 79.9. The van der Waals surface area contributed by atoms with Crippen molar-refractivity contribution in [1.29, 1.82) is 0 Å². The molecule has 0 spiro atoms. The van der Waals surface area contributed by atoms with Gasteiger partial charge in [-0.25, -0.2) is 0 Å². The van der Waals surface area contributed by atoms with Crippen LogP contribution in [-0.2, 0) is 6.42 Å². The van der Waals surface area contributed by atoms with Crippen molar-refractivity contribution in [3.05, 3.63) is 52.5 Å². The minimum Gasteiger partial charge on any atom is -0.492 e. The average molecular weight is 443 g/mol. The maximum absolute atomic E-state index is 5.94. The molecule has 0 N–H and O–H groups in total. The first-order valence-electron chi connectivity index (χ1n) is 11.3. The van der Waals surface area contributed by atoms with Crippen LogP contribution in [0.3, 0.4) is 0 Å². The Balaban J connectivity index is 1.52. The van der Waals surface area contributed by atoms with Gasteiger partial charge in [-0.2, -0.15) is 0 Å². The predicted molar refractivity (Wildman–Crippen MR) is 124 cm³/mol. The van der Waals surface area contributed by atoms with Gasteiger partial charge in [0.25, 0.3) is 0 Å². The van der Waals surface area contributed by atoms with Crippen molar-refractivity contribution in [1.82, 2.24) is 0 Å². The van der Waals surface area contributed by atoms with Crippen LogP contribution in [0.25, 0.3) is 11.1 Å². The molecule has 0 bridgehead atoms. The fraction of sp³-hybridized carbons (Fsp3) is 0.538. The van der Waals surface area contributed by atoms with Crippen LogP contribution < -0.4 is 4.74 Å². The van der Waals surface area contributed by atoms with Gasteiger partial charge in [-0.3, -0.25) is 0 Å². The highest BCUT2D eigenvalue weighted by molar-refractivity contribution is 9.10. The number of unbranched alkanes of at least 4 members (excludes halogenated alkanes) is 3. The average Bonchev–Trinajstić information content (AvgIpc) is 2.74. The minimum atomic E-state index is 0.799. The summed E-state index contributed by atoms with van der Waals surface area (Å²) in [5.74, 6) is 1.91. The largest absolute Gasteiger partial charge is 0.492 e. The molecule has 2 aromatic rings. The number of hydrogen-bond donors (Lipinski definition) is 0. The van der Waals surface area contributed by atoms with Crippen molar-refractivity contribution in [3.8, 4) is 16.9 Å². The van der Waals surface area contributed by atoms with Crippen molar-refractivity contribution < 1.29 is 4.74 Å². The second kappa shape index (κ2) is 11.7. The van der Waals surface area contributed by atoms with E-state index >= 15 is 0 Å². The number of aryl methyl sites for hydroxylation is 1. The van der Waals surface area contributed by atoms with Crippen molar-refractivity contribution in [2.24, 2.45) is 5.92 Å². The van der Waals surface area contributed by atoms with E-state index in [1.807, 2.05) is 0 Å². The first kappa shape index (κ1) is 21.4. The number of benzene rings is 2. The van der Waals surface area contributed by atoms with Gasteiger partial charge in [0, 0.05) is 0 Å². The van der Waals surface area contributed by atoms with Crippen LogP contribution >= 0.6 is 15.9 Å². The SMILES string of the molecule is CCCCCCOc1ccc(-c2ccc(CCC3CCCCC3)cc2)cc1Br. The van der Waals surface area contributed by atoms with E-state index in [9.17, 15) is 0 Å². The Morgan fingerprint density at radius 3 is 2.36 bits per heavy atom. The van der Waals surface area contributed by atoms with Crippen LogP contribution in [0.5, 0.6) is 5.75 Å². The second-order valence-corrected chi connectivity index (χ2v) is 9.15. The summed E-state index contributed by atoms with van der Waals surface area (Å²) in [6.45, 7) is 3.03. The summed E-state index contributed by atoms with van der Waals surface area (Å²) in [4.78, 5) is 0. The van der Waals surface area contributed by atoms with E-state index in [4.69, 9.17) is 4.74 Å². The van der Waals surface area contributed by atoms with E-state index in [0.717, 1.165) is 29.2 Å². The molecule has 2 aromatic carbocycles. The molecule has 0 amide bonds. The molecule has 0 radical (unpaired) electrons. The fourth-order valence-electron chi connectivity index (χ4n) is 4.22. The summed E-state index contributed by atoms with van der Waals surface area (Å²) >= 11 is 3.69. The topological polar surface area (TPSA) is 9.23 Å². The monoisotopic (exact) mass is 442 g/mol. The molecule has 0 aliphatic heterocycles. The van der Waals surface area contributed by atoms with Crippen LogP contribution in [0.1, 0.15) is 76.7 Å². The smallest absolute Gasteiger partial charge is 0.133 e. The van der Waals surface area contributed by atoms with Gasteiger partial charge >= 0.3 is 0 Å². The number of hydrogen-bond acceptors (Lipinski definition) is 1. The molecule has 2 heteroatoms. The molecule has 0 heterocycles. The van der Waals surface area contributed by atoms with Crippen molar-refractivity contribution in [3.63, 3.8) is 0 Å². The van der Waals surface area contributed by atoms with Gasteiger partial charge in [-0.05, 0) is 69.9 Å². The molecule has 0 aromatic heterocycles. The highest BCUT2D eigenvalue weighted by Crippen LogP contribution is 2.32. The minimum absolute atomic E-state index is 0.799. The van der Waals surface area contributed by atoms with Gasteiger partial charge in [-0.15, -0.1) is 0 Å². The molecule has 0 saturated heterocycles. The zero-order valence-electron chi connectivity index (χ0n) is 17.4. The summed E-state index contributed by atoms with van der Waals surface area (Å²) in [5, 5.41) is 0. The van der Waals surface area contributed by atoms with Crippen molar-refractivity contribution in [2.45, 2.75) is 77.6 Å². The first-order valence-corrected chi connectivity index (χ1v) is 12.1. The third kappa shape index (κ3) is 6.65. The van der Waals surface area contributed by atoms with E-state index in [0.29, 0.717) is 0 Å². The summed E-state index contributed by atoms with van der Waals surface area (Å²) in [5.41, 5.74) is 3.99. The van der Waals surface area contributed by atoms with Gasteiger partial charge < -0.3 is 4.74 Å². The Kier molecular flexibility index (Phi) is 8.92. The molecule has 0 atom stereocenters. The molecule has 28 heavy (non-hydrogen) atoms. The normalized spacial score (nSPS) is 14.9. The van der Waals surface area contributed by atoms with Crippen LogP contribution in [-0.4, -0.2) is 6.61 Å². The van der Waals surface area contributed by atoms with Crippen molar-refractivity contribution >= 4 is 15.9 Å². The summed E-state index contributed by atoms with van der Waals surface area (Å²) in [6, 6.07) is 15.6. The standard InChI is InChI=1S/C26H35BrO/c1-2-3-4-8-19-28-26-18-17-24(20-25(26)27)23-15-13-22(14-16-23)12-11-21-9-6-5-7-10-21/h13-18,20-21H,2-12,19H2,1H3. The highest BCUT2D eigenvalue weighted by Gasteiger charge is 2.13. The van der Waals surface area contributed by atoms with Gasteiger partial charge in [-0.1, -0.05) is 88.6 Å². The van der Waals surface area contributed by atoms with E-state index in [-0.39, 0.29) is 0 Å². The van der Waals surface area contributed by atoms with E-state index < -0.39 is 0 Å². The Morgan fingerprint density at radius 1 is 0.893 bits per heavy atom.